The monoisotopic (exact) mass is 394 g/mol. The Morgan fingerprint density at radius 1 is 0.211 bits per heavy atom. The maximum atomic E-state index is 0. The normalized spacial score (nSPS) is 0. The van der Waals surface area contributed by atoms with Gasteiger partial charge in [-0.25, -0.2) is 0 Å². The topological polar surface area (TPSA) is 345 Å². The Bertz CT molecular complexity index is 24.9. The molecule has 19 heteroatoms. The van der Waals surface area contributed by atoms with Crippen LogP contribution in [0.2, 0.25) is 0 Å². The summed E-state index contributed by atoms with van der Waals surface area (Å²) in [6, 6.07) is 0. The predicted molar refractivity (Wildman–Crippen MR) is 73.3 cm³/mol. The third kappa shape index (κ3) is 1000. The van der Waals surface area contributed by atoms with E-state index in [2.05, 4.69) is 0 Å². The summed E-state index contributed by atoms with van der Waals surface area (Å²) in [6.45, 7) is 0. The third-order valence-electron chi connectivity index (χ3n) is 0. The van der Waals surface area contributed by atoms with E-state index in [0.29, 0.717) is 0 Å². The van der Waals surface area contributed by atoms with E-state index in [9.17, 15) is 0 Å². The minimum absolute atomic E-state index is 0. The molecule has 0 bridgehead atoms. The van der Waals surface area contributed by atoms with E-state index in [1.807, 2.05) is 0 Å². The first-order valence-corrected chi connectivity index (χ1v) is 0. The first kappa shape index (κ1) is 1290. The minimum Gasteiger partial charge on any atom is -2.00 e. The molecule has 19 heavy (non-hydrogen) atoms. The van der Waals surface area contributed by atoms with Gasteiger partial charge in [-0.15, -0.1) is 0 Å². The zero-order valence-electron chi connectivity index (χ0n) is 7.10. The van der Waals surface area contributed by atoms with Crippen molar-refractivity contribution in [2.24, 2.45) is 0 Å². The zero-order valence-corrected chi connectivity index (χ0v) is 11.3. The molecule has 0 heterocycles. The average molecular weight is 395 g/mol. The van der Waals surface area contributed by atoms with Gasteiger partial charge >= 0.3 is 69.2 Å². The van der Waals surface area contributed by atoms with Crippen molar-refractivity contribution in [1.29, 1.82) is 0 Å². The Morgan fingerprint density at radius 3 is 0.211 bits per heavy atom. The van der Waals surface area contributed by atoms with Crippen LogP contribution in [0.4, 0.5) is 0 Å². The van der Waals surface area contributed by atoms with E-state index >= 15 is 0 Å². The standard InChI is InChI=1S/3Mg.2H2O.10O.4H4Si/h;;;2*1H2;;;;;;;;;;;4*1H4/q3*+2;;;10*-2;;;;/p-2. The fourth-order valence-corrected chi connectivity index (χ4v) is 0. The molecule has 0 amide bonds. The Balaban J connectivity index is 0. The molecule has 0 aliphatic rings. The van der Waals surface area contributed by atoms with E-state index in [1.165, 1.54) is 0 Å². The van der Waals surface area contributed by atoms with Crippen molar-refractivity contribution >= 4 is 113 Å². The summed E-state index contributed by atoms with van der Waals surface area (Å²) in [7, 11) is 0. The van der Waals surface area contributed by atoms with Gasteiger partial charge in [-0.05, 0) is 43.9 Å². The Hall–Kier alpha value is 2.69. The van der Waals surface area contributed by atoms with Crippen molar-refractivity contribution < 1.29 is 65.7 Å². The maximum absolute atomic E-state index is 0. The van der Waals surface area contributed by atoms with Gasteiger partial charge in [-0.2, -0.15) is 0 Å². The average Bonchev–Trinajstić information content (AvgIpc) is 0. The molecule has 0 saturated heterocycles. The van der Waals surface area contributed by atoms with E-state index in [0.717, 1.165) is 0 Å². The molecule has 0 aromatic carbocycles. The van der Waals surface area contributed by atoms with Gasteiger partial charge in [0.05, 0.1) is 0 Å². The molecule has 0 saturated carbocycles. The van der Waals surface area contributed by atoms with Gasteiger partial charge in [-0.3, -0.25) is 0 Å². The summed E-state index contributed by atoms with van der Waals surface area (Å²) in [6.07, 6.45) is 0. The van der Waals surface area contributed by atoms with E-state index < -0.39 is 0 Å². The molecule has 2 N–H and O–H groups in total. The van der Waals surface area contributed by atoms with Gasteiger partial charge in [0.15, 0.2) is 0 Å². The van der Waals surface area contributed by atoms with E-state index in [1.54, 1.807) is 0 Å². The largest absolute Gasteiger partial charge is 2.00 e. The van der Waals surface area contributed by atoms with Crippen LogP contribution in [0.3, 0.4) is 0 Å². The zero-order chi connectivity index (χ0) is 0. The van der Waals surface area contributed by atoms with Gasteiger partial charge in [0.25, 0.3) is 0 Å². The molecule has 0 spiro atoms. The first-order valence-electron chi connectivity index (χ1n) is 0. The SMILES string of the molecule is [Mg+2].[Mg+2].[Mg+2].[O-2].[O-2].[O-2].[O-2].[O-2].[O-2].[O-2].[O-2].[O-2].[O-2].[OH-].[OH-].[SiH4].[SiH4].[SiH4].[SiH4]. The van der Waals surface area contributed by atoms with Crippen LogP contribution in [0, 0.1) is 0 Å². The molecule has 128 valence electrons. The summed E-state index contributed by atoms with van der Waals surface area (Å²) in [5, 5.41) is 0. The molecule has 0 rings (SSSR count). The minimum atomic E-state index is 0. The quantitative estimate of drug-likeness (QED) is 0.360. The van der Waals surface area contributed by atoms with Gasteiger partial charge in [0.1, 0.15) is 0 Å². The number of rotatable bonds is 0. The van der Waals surface area contributed by atoms with Crippen LogP contribution < -0.4 is 0 Å². The molecule has 12 nitrogen and oxygen atoms in total. The molecule has 0 aromatic rings. The molecular formula is H18Mg3O12Si4-16. The molecule has 0 aliphatic heterocycles. The molecule has 0 aliphatic carbocycles. The van der Waals surface area contributed by atoms with Crippen molar-refractivity contribution in [1.82, 2.24) is 0 Å². The van der Waals surface area contributed by atoms with Gasteiger partial charge in [-0.1, -0.05) is 0 Å². The van der Waals surface area contributed by atoms with Crippen molar-refractivity contribution in [2.75, 3.05) is 0 Å². The summed E-state index contributed by atoms with van der Waals surface area (Å²) >= 11 is 0. The van der Waals surface area contributed by atoms with Crippen LogP contribution in [0.15, 0.2) is 0 Å². The second-order valence-corrected chi connectivity index (χ2v) is 0. The predicted octanol–water partition coefficient (Wildman–Crippen LogP) is -8.49. The van der Waals surface area contributed by atoms with Crippen LogP contribution in [0.5, 0.6) is 0 Å². The fourth-order valence-electron chi connectivity index (χ4n) is 0. The first-order chi connectivity index (χ1) is 0. The van der Waals surface area contributed by atoms with E-state index in [-0.39, 0.29) is 179 Å². The van der Waals surface area contributed by atoms with Gasteiger partial charge in [0, 0.05) is 0 Å². The van der Waals surface area contributed by atoms with Crippen molar-refractivity contribution in [3.63, 3.8) is 0 Å². The van der Waals surface area contributed by atoms with Crippen LogP contribution in [0.25, 0.3) is 0 Å². The number of hydrogen-bond acceptors (Lipinski definition) is 2. The molecule has 0 radical (unpaired) electrons. The summed E-state index contributed by atoms with van der Waals surface area (Å²) in [5.41, 5.74) is 0. The van der Waals surface area contributed by atoms with Crippen LogP contribution in [0.1, 0.15) is 0 Å². The Kier molecular flexibility index (Phi) is 75200. The number of hydrogen-bond donors (Lipinski definition) is 0. The van der Waals surface area contributed by atoms with E-state index in [4.69, 9.17) is 0 Å². The van der Waals surface area contributed by atoms with Crippen LogP contribution >= 0.6 is 0 Å². The van der Waals surface area contributed by atoms with Crippen LogP contribution in [-0.4, -0.2) is 124 Å². The fraction of sp³-hybridized carbons (Fsp3) is 0. The Labute approximate surface area is 177 Å². The summed E-state index contributed by atoms with van der Waals surface area (Å²) in [5.74, 6) is 0. The maximum Gasteiger partial charge on any atom is 2.00 e. The Morgan fingerprint density at radius 2 is 0.211 bits per heavy atom. The van der Waals surface area contributed by atoms with Crippen molar-refractivity contribution in [3.05, 3.63) is 0 Å². The molecule has 0 aromatic heterocycles. The van der Waals surface area contributed by atoms with Crippen molar-refractivity contribution in [3.8, 4) is 0 Å². The second kappa shape index (κ2) is 1110. The molecule has 0 unspecified atom stereocenters. The molecular weight excluding hydrogens is 377 g/mol. The molecule has 0 atom stereocenters. The van der Waals surface area contributed by atoms with Gasteiger partial charge in [0.2, 0.25) is 0 Å². The summed E-state index contributed by atoms with van der Waals surface area (Å²) < 4.78 is 0. The van der Waals surface area contributed by atoms with Gasteiger partial charge < -0.3 is 65.7 Å². The van der Waals surface area contributed by atoms with Crippen molar-refractivity contribution in [2.45, 2.75) is 0 Å². The van der Waals surface area contributed by atoms with Crippen LogP contribution in [-0.2, 0) is 54.8 Å². The molecule has 0 fully saturated rings. The second-order valence-electron chi connectivity index (χ2n) is 0. The smallest absolute Gasteiger partial charge is 2.00 e. The summed E-state index contributed by atoms with van der Waals surface area (Å²) in [4.78, 5) is 0. The third-order valence-corrected chi connectivity index (χ3v) is 0.